The van der Waals surface area contributed by atoms with E-state index >= 15 is 0 Å². The van der Waals surface area contributed by atoms with Gasteiger partial charge in [0.25, 0.3) is 0 Å². The minimum Gasteiger partial charge on any atom is -0.382 e. The number of hydrogen-bond acceptors (Lipinski definition) is 2. The first-order valence-electron chi connectivity index (χ1n) is 5.52. The van der Waals surface area contributed by atoms with Crippen LogP contribution in [0.1, 0.15) is 39.0 Å². The maximum absolute atomic E-state index is 6.00. The molecule has 86 valence electrons. The highest BCUT2D eigenvalue weighted by molar-refractivity contribution is 6.20. The molecule has 0 aliphatic carbocycles. The Morgan fingerprint density at radius 3 is 2.50 bits per heavy atom. The summed E-state index contributed by atoms with van der Waals surface area (Å²) in [5.74, 6) is 0. The van der Waals surface area contributed by atoms with Gasteiger partial charge < -0.3 is 9.47 Å². The second kappa shape index (κ2) is 11.3. The van der Waals surface area contributed by atoms with Crippen molar-refractivity contribution in [2.45, 2.75) is 44.4 Å². The Hall–Kier alpha value is 0.210. The van der Waals surface area contributed by atoms with E-state index in [0.29, 0.717) is 18.6 Å². The molecule has 0 aliphatic heterocycles. The van der Waals surface area contributed by atoms with Gasteiger partial charge in [-0.05, 0) is 19.3 Å². The van der Waals surface area contributed by atoms with E-state index in [9.17, 15) is 0 Å². The third kappa shape index (κ3) is 10.3. The normalized spacial score (nSPS) is 13.1. The van der Waals surface area contributed by atoms with Crippen LogP contribution in [0.4, 0.5) is 0 Å². The Bertz CT molecular complexity index is 109. The Balaban J connectivity index is 2.92. The summed E-state index contributed by atoms with van der Waals surface area (Å²) < 4.78 is 10.2. The first-order valence-corrected chi connectivity index (χ1v) is 5.95. The molecule has 1 unspecified atom stereocenters. The lowest BCUT2D eigenvalue weighted by molar-refractivity contribution is 0.0686. The van der Waals surface area contributed by atoms with Gasteiger partial charge in [-0.15, -0.1) is 11.6 Å². The summed E-state index contributed by atoms with van der Waals surface area (Å²) in [5, 5.41) is 0.365. The van der Waals surface area contributed by atoms with Crippen molar-refractivity contribution in [2.24, 2.45) is 0 Å². The third-order valence-corrected chi connectivity index (χ3v) is 2.71. The van der Waals surface area contributed by atoms with Gasteiger partial charge in [0, 0.05) is 19.1 Å². The zero-order valence-corrected chi connectivity index (χ0v) is 10.2. The lowest BCUT2D eigenvalue weighted by Crippen LogP contribution is -2.03. The Morgan fingerprint density at radius 1 is 1.07 bits per heavy atom. The molecule has 0 rings (SSSR count). The van der Waals surface area contributed by atoms with Gasteiger partial charge in [0.2, 0.25) is 0 Å². The molecule has 0 aromatic carbocycles. The van der Waals surface area contributed by atoms with E-state index in [4.69, 9.17) is 21.1 Å². The van der Waals surface area contributed by atoms with Crippen LogP contribution in [0.3, 0.4) is 0 Å². The number of ether oxygens (including phenoxy) is 2. The van der Waals surface area contributed by atoms with E-state index < -0.39 is 0 Å². The Labute approximate surface area is 92.9 Å². The van der Waals surface area contributed by atoms with Crippen molar-refractivity contribution in [2.75, 3.05) is 26.9 Å². The number of alkyl halides is 1. The first-order chi connectivity index (χ1) is 6.81. The first kappa shape index (κ1) is 14.2. The average molecular weight is 223 g/mol. The molecule has 2 nitrogen and oxygen atoms in total. The number of methoxy groups -OCH3 is 1. The molecular weight excluding hydrogens is 200 g/mol. The zero-order chi connectivity index (χ0) is 10.6. The van der Waals surface area contributed by atoms with Gasteiger partial charge in [0.1, 0.15) is 0 Å². The topological polar surface area (TPSA) is 18.5 Å². The summed E-state index contributed by atoms with van der Waals surface area (Å²) in [6.45, 7) is 4.39. The summed E-state index contributed by atoms with van der Waals surface area (Å²) in [4.78, 5) is 0. The quantitative estimate of drug-likeness (QED) is 0.418. The fourth-order valence-corrected chi connectivity index (χ4v) is 1.35. The lowest BCUT2D eigenvalue weighted by atomic mass is 10.1. The molecule has 0 bridgehead atoms. The highest BCUT2D eigenvalue weighted by Gasteiger charge is 1.99. The van der Waals surface area contributed by atoms with E-state index in [1.807, 2.05) is 0 Å². The van der Waals surface area contributed by atoms with Gasteiger partial charge in [-0.1, -0.05) is 19.8 Å². The van der Waals surface area contributed by atoms with E-state index in [1.165, 1.54) is 12.8 Å². The van der Waals surface area contributed by atoms with Crippen molar-refractivity contribution < 1.29 is 9.47 Å². The predicted molar refractivity (Wildman–Crippen MR) is 61.1 cm³/mol. The third-order valence-electron chi connectivity index (χ3n) is 2.18. The van der Waals surface area contributed by atoms with E-state index in [1.54, 1.807) is 7.11 Å². The van der Waals surface area contributed by atoms with Crippen LogP contribution in [0.2, 0.25) is 0 Å². The molecule has 0 spiro atoms. The largest absolute Gasteiger partial charge is 0.382 e. The fourth-order valence-electron chi connectivity index (χ4n) is 1.20. The van der Waals surface area contributed by atoms with Gasteiger partial charge in [0.15, 0.2) is 0 Å². The molecule has 0 fully saturated rings. The summed E-state index contributed by atoms with van der Waals surface area (Å²) >= 11 is 6.00. The van der Waals surface area contributed by atoms with Crippen molar-refractivity contribution in [3.8, 4) is 0 Å². The fraction of sp³-hybridized carbons (Fsp3) is 1.00. The van der Waals surface area contributed by atoms with Gasteiger partial charge in [-0.25, -0.2) is 0 Å². The smallest absolute Gasteiger partial charge is 0.0700 e. The predicted octanol–water partition coefficient (Wildman–Crippen LogP) is 3.23. The second-order valence-electron chi connectivity index (χ2n) is 3.46. The molecule has 0 radical (unpaired) electrons. The van der Waals surface area contributed by atoms with Crippen molar-refractivity contribution in [1.29, 1.82) is 0 Å². The molecule has 0 heterocycles. The molecule has 0 aromatic rings. The minimum absolute atomic E-state index is 0.365. The van der Waals surface area contributed by atoms with Crippen molar-refractivity contribution in [1.82, 2.24) is 0 Å². The van der Waals surface area contributed by atoms with E-state index in [2.05, 4.69) is 6.92 Å². The number of halogens is 1. The van der Waals surface area contributed by atoms with Crippen LogP contribution in [-0.4, -0.2) is 32.3 Å². The van der Waals surface area contributed by atoms with Gasteiger partial charge in [0.05, 0.1) is 13.2 Å². The molecule has 0 aliphatic rings. The molecule has 3 heteroatoms. The van der Waals surface area contributed by atoms with Crippen LogP contribution in [0.15, 0.2) is 0 Å². The lowest BCUT2D eigenvalue weighted by Gasteiger charge is -2.06. The van der Waals surface area contributed by atoms with Crippen LogP contribution < -0.4 is 0 Å². The van der Waals surface area contributed by atoms with Crippen LogP contribution in [0, 0.1) is 0 Å². The highest BCUT2D eigenvalue weighted by atomic mass is 35.5. The molecule has 1 atom stereocenters. The number of hydrogen-bond donors (Lipinski definition) is 0. The molecule has 14 heavy (non-hydrogen) atoms. The molecule has 0 aromatic heterocycles. The maximum Gasteiger partial charge on any atom is 0.0700 e. The number of unbranched alkanes of at least 4 members (excludes halogenated alkanes) is 2. The summed E-state index contributed by atoms with van der Waals surface area (Å²) in [6, 6.07) is 0. The Morgan fingerprint density at radius 2 is 1.86 bits per heavy atom. The van der Waals surface area contributed by atoms with Crippen molar-refractivity contribution >= 4 is 11.6 Å². The van der Waals surface area contributed by atoms with Crippen molar-refractivity contribution in [3.63, 3.8) is 0 Å². The second-order valence-corrected chi connectivity index (χ2v) is 4.08. The monoisotopic (exact) mass is 222 g/mol. The molecule has 0 saturated heterocycles. The highest BCUT2D eigenvalue weighted by Crippen LogP contribution is 2.11. The average Bonchev–Trinajstić information content (AvgIpc) is 2.21. The maximum atomic E-state index is 6.00. The molecule has 0 amide bonds. The number of rotatable bonds is 10. The Kier molecular flexibility index (Phi) is 11.5. The van der Waals surface area contributed by atoms with Gasteiger partial charge in [-0.2, -0.15) is 0 Å². The summed E-state index contributed by atoms with van der Waals surface area (Å²) in [6.07, 6.45) is 5.78. The van der Waals surface area contributed by atoms with E-state index in [-0.39, 0.29) is 0 Å². The van der Waals surface area contributed by atoms with Crippen molar-refractivity contribution in [3.05, 3.63) is 0 Å². The SMILES string of the molecule is CCC(Cl)CCCCCOCCOC. The standard InChI is InChI=1S/C11H23ClO2/c1-3-11(12)7-5-4-6-8-14-10-9-13-2/h11H,3-10H2,1-2H3. The van der Waals surface area contributed by atoms with E-state index in [0.717, 1.165) is 25.9 Å². The molecule has 0 N–H and O–H groups in total. The summed E-state index contributed by atoms with van der Waals surface area (Å²) in [5.41, 5.74) is 0. The van der Waals surface area contributed by atoms with Crippen LogP contribution >= 0.6 is 11.6 Å². The summed E-state index contributed by atoms with van der Waals surface area (Å²) in [7, 11) is 1.69. The van der Waals surface area contributed by atoms with Crippen LogP contribution in [0.25, 0.3) is 0 Å². The van der Waals surface area contributed by atoms with Crippen LogP contribution in [0.5, 0.6) is 0 Å². The molecule has 0 saturated carbocycles. The van der Waals surface area contributed by atoms with Gasteiger partial charge in [-0.3, -0.25) is 0 Å². The van der Waals surface area contributed by atoms with Crippen LogP contribution in [-0.2, 0) is 9.47 Å². The minimum atomic E-state index is 0.365. The van der Waals surface area contributed by atoms with Gasteiger partial charge >= 0.3 is 0 Å². The zero-order valence-electron chi connectivity index (χ0n) is 9.43. The molecular formula is C11H23ClO2.